The lowest BCUT2D eigenvalue weighted by molar-refractivity contribution is 0.0980. The molecule has 1 aliphatic heterocycles. The molecule has 0 unspecified atom stereocenters. The zero-order valence-electron chi connectivity index (χ0n) is 12.3. The molecule has 3 rings (SSSR count). The van der Waals surface area contributed by atoms with Crippen molar-refractivity contribution in [3.05, 3.63) is 60.6 Å². The van der Waals surface area contributed by atoms with E-state index in [1.54, 1.807) is 17.2 Å². The number of hydrogen-bond donors (Lipinski definition) is 1. The van der Waals surface area contributed by atoms with Gasteiger partial charge in [-0.25, -0.2) is 9.97 Å². The first-order valence-corrected chi connectivity index (χ1v) is 7.36. The van der Waals surface area contributed by atoms with Crippen LogP contribution in [0.5, 0.6) is 0 Å². The predicted molar refractivity (Wildman–Crippen MR) is 87.2 cm³/mol. The van der Waals surface area contributed by atoms with Gasteiger partial charge in [-0.15, -0.1) is 6.58 Å². The maximum atomic E-state index is 12.7. The fourth-order valence-corrected chi connectivity index (χ4v) is 2.59. The second kappa shape index (κ2) is 6.39. The molecule has 0 bridgehead atoms. The van der Waals surface area contributed by atoms with Crippen LogP contribution in [-0.2, 0) is 6.42 Å². The van der Waals surface area contributed by atoms with Crippen molar-refractivity contribution in [1.82, 2.24) is 9.97 Å². The minimum Gasteiger partial charge on any atom is -0.365 e. The van der Waals surface area contributed by atoms with Crippen LogP contribution >= 0.6 is 0 Å². The SMILES string of the molecule is C=CCNc1cnc(C(=O)N2CCCc3ccccc32)cn1. The van der Waals surface area contributed by atoms with Crippen molar-refractivity contribution >= 4 is 17.4 Å². The van der Waals surface area contributed by atoms with Gasteiger partial charge in [-0.2, -0.15) is 0 Å². The first-order valence-electron chi connectivity index (χ1n) is 7.36. The average Bonchev–Trinajstić information content (AvgIpc) is 2.59. The quantitative estimate of drug-likeness (QED) is 0.881. The third-order valence-electron chi connectivity index (χ3n) is 3.65. The van der Waals surface area contributed by atoms with Crippen molar-refractivity contribution in [1.29, 1.82) is 0 Å². The Morgan fingerprint density at radius 1 is 1.32 bits per heavy atom. The number of aromatic nitrogens is 2. The summed E-state index contributed by atoms with van der Waals surface area (Å²) in [4.78, 5) is 22.9. The van der Waals surface area contributed by atoms with E-state index in [4.69, 9.17) is 0 Å². The molecular weight excluding hydrogens is 276 g/mol. The maximum Gasteiger partial charge on any atom is 0.278 e. The molecule has 2 aromatic rings. The van der Waals surface area contributed by atoms with Crippen molar-refractivity contribution < 1.29 is 4.79 Å². The molecule has 2 heterocycles. The van der Waals surface area contributed by atoms with Gasteiger partial charge in [-0.3, -0.25) is 4.79 Å². The molecule has 0 fully saturated rings. The molecule has 0 aliphatic carbocycles. The maximum absolute atomic E-state index is 12.7. The largest absolute Gasteiger partial charge is 0.365 e. The second-order valence-corrected chi connectivity index (χ2v) is 5.15. The van der Waals surface area contributed by atoms with Crippen LogP contribution in [0.3, 0.4) is 0 Å². The Labute approximate surface area is 129 Å². The van der Waals surface area contributed by atoms with Gasteiger partial charge in [0, 0.05) is 18.8 Å². The normalized spacial score (nSPS) is 13.4. The fraction of sp³-hybridized carbons (Fsp3) is 0.235. The van der Waals surface area contributed by atoms with Gasteiger partial charge in [-0.1, -0.05) is 24.3 Å². The molecule has 5 nitrogen and oxygen atoms in total. The molecule has 0 spiro atoms. The summed E-state index contributed by atoms with van der Waals surface area (Å²) in [5.41, 5.74) is 2.55. The van der Waals surface area contributed by atoms with Crippen molar-refractivity contribution in [2.45, 2.75) is 12.8 Å². The van der Waals surface area contributed by atoms with Crippen LogP contribution in [0.1, 0.15) is 22.5 Å². The lowest BCUT2D eigenvalue weighted by atomic mass is 10.0. The number of fused-ring (bicyclic) bond motifs is 1. The van der Waals surface area contributed by atoms with Gasteiger partial charge in [0.05, 0.1) is 12.4 Å². The molecule has 0 saturated heterocycles. The first kappa shape index (κ1) is 14.3. The van der Waals surface area contributed by atoms with Crippen LogP contribution in [0, 0.1) is 0 Å². The van der Waals surface area contributed by atoms with Crippen LogP contribution < -0.4 is 10.2 Å². The fourth-order valence-electron chi connectivity index (χ4n) is 2.59. The summed E-state index contributed by atoms with van der Waals surface area (Å²) in [6, 6.07) is 8.02. The van der Waals surface area contributed by atoms with Gasteiger partial charge in [0.2, 0.25) is 0 Å². The summed E-state index contributed by atoms with van der Waals surface area (Å²) in [5, 5.41) is 3.04. The van der Waals surface area contributed by atoms with E-state index in [0.717, 1.165) is 18.5 Å². The summed E-state index contributed by atoms with van der Waals surface area (Å²) < 4.78 is 0. The number of nitrogens with one attached hydrogen (secondary N) is 1. The molecule has 0 radical (unpaired) electrons. The number of carbonyl (C=O) groups is 1. The third kappa shape index (κ3) is 2.83. The lowest BCUT2D eigenvalue weighted by Gasteiger charge is -2.29. The molecular formula is C17H18N4O. The number of anilines is 2. The van der Waals surface area contributed by atoms with E-state index in [-0.39, 0.29) is 5.91 Å². The summed E-state index contributed by atoms with van der Waals surface area (Å²) in [5.74, 6) is 0.533. The van der Waals surface area contributed by atoms with E-state index in [1.807, 2.05) is 18.2 Å². The van der Waals surface area contributed by atoms with Crippen LogP contribution in [-0.4, -0.2) is 29.0 Å². The Balaban J connectivity index is 1.81. The highest BCUT2D eigenvalue weighted by atomic mass is 16.2. The van der Waals surface area contributed by atoms with Gasteiger partial charge >= 0.3 is 0 Å². The molecule has 1 N–H and O–H groups in total. The standard InChI is InChI=1S/C17H18N4O/c1-2-9-18-16-12-19-14(11-20-16)17(22)21-10-5-7-13-6-3-4-8-15(13)21/h2-4,6,8,11-12H,1,5,7,9-10H2,(H,18,20). The van der Waals surface area contributed by atoms with Crippen LogP contribution in [0.2, 0.25) is 0 Å². The third-order valence-corrected chi connectivity index (χ3v) is 3.65. The lowest BCUT2D eigenvalue weighted by Crippen LogP contribution is -2.36. The molecule has 112 valence electrons. The van der Waals surface area contributed by atoms with E-state index >= 15 is 0 Å². The van der Waals surface area contributed by atoms with Gasteiger partial charge < -0.3 is 10.2 Å². The Kier molecular flexibility index (Phi) is 4.14. The highest BCUT2D eigenvalue weighted by Crippen LogP contribution is 2.27. The van der Waals surface area contributed by atoms with E-state index < -0.39 is 0 Å². The van der Waals surface area contributed by atoms with E-state index in [2.05, 4.69) is 27.9 Å². The van der Waals surface area contributed by atoms with Gasteiger partial charge in [0.25, 0.3) is 5.91 Å². The van der Waals surface area contributed by atoms with E-state index in [0.29, 0.717) is 24.6 Å². The van der Waals surface area contributed by atoms with Crippen molar-refractivity contribution in [3.63, 3.8) is 0 Å². The monoisotopic (exact) mass is 294 g/mol. The predicted octanol–water partition coefficient (Wildman–Crippen LogP) is 2.67. The summed E-state index contributed by atoms with van der Waals surface area (Å²) in [6.07, 6.45) is 6.81. The summed E-state index contributed by atoms with van der Waals surface area (Å²) in [7, 11) is 0. The van der Waals surface area contributed by atoms with Crippen LogP contribution in [0.4, 0.5) is 11.5 Å². The number of nitrogens with zero attached hydrogens (tertiary/aromatic N) is 3. The summed E-state index contributed by atoms with van der Waals surface area (Å²) in [6.45, 7) is 4.96. The molecule has 0 saturated carbocycles. The molecule has 1 aliphatic rings. The number of para-hydroxylation sites is 1. The van der Waals surface area contributed by atoms with E-state index in [9.17, 15) is 4.79 Å². The van der Waals surface area contributed by atoms with Crippen molar-refractivity contribution in [3.8, 4) is 0 Å². The Bertz CT molecular complexity index is 681. The molecule has 22 heavy (non-hydrogen) atoms. The number of rotatable bonds is 4. The van der Waals surface area contributed by atoms with Gasteiger partial charge in [0.15, 0.2) is 0 Å². The smallest absolute Gasteiger partial charge is 0.278 e. The number of benzene rings is 1. The second-order valence-electron chi connectivity index (χ2n) is 5.15. The topological polar surface area (TPSA) is 58.1 Å². The van der Waals surface area contributed by atoms with Crippen LogP contribution in [0.25, 0.3) is 0 Å². The molecule has 1 amide bonds. The molecule has 1 aromatic carbocycles. The van der Waals surface area contributed by atoms with Crippen molar-refractivity contribution in [2.75, 3.05) is 23.3 Å². The van der Waals surface area contributed by atoms with Crippen LogP contribution in [0.15, 0.2) is 49.3 Å². The van der Waals surface area contributed by atoms with E-state index in [1.165, 1.54) is 11.8 Å². The minimum atomic E-state index is -0.102. The highest BCUT2D eigenvalue weighted by molar-refractivity contribution is 6.05. The average molecular weight is 294 g/mol. The molecule has 0 atom stereocenters. The number of aryl methyl sites for hydroxylation is 1. The highest BCUT2D eigenvalue weighted by Gasteiger charge is 2.24. The Hall–Kier alpha value is -2.69. The van der Waals surface area contributed by atoms with Crippen molar-refractivity contribution in [2.24, 2.45) is 0 Å². The molecule has 1 aromatic heterocycles. The number of amides is 1. The van der Waals surface area contributed by atoms with Gasteiger partial charge in [0.1, 0.15) is 11.5 Å². The zero-order chi connectivity index (χ0) is 15.4. The Morgan fingerprint density at radius 2 is 2.18 bits per heavy atom. The number of hydrogen-bond acceptors (Lipinski definition) is 4. The summed E-state index contributed by atoms with van der Waals surface area (Å²) >= 11 is 0. The minimum absolute atomic E-state index is 0.102. The molecule has 5 heteroatoms. The first-order chi connectivity index (χ1) is 10.8. The number of carbonyl (C=O) groups excluding carboxylic acids is 1. The zero-order valence-corrected chi connectivity index (χ0v) is 12.3. The Morgan fingerprint density at radius 3 is 2.95 bits per heavy atom. The van der Waals surface area contributed by atoms with Gasteiger partial charge in [-0.05, 0) is 24.5 Å².